The average molecular weight is 333 g/mol. The second-order valence-corrected chi connectivity index (χ2v) is 6.21. The van der Waals surface area contributed by atoms with Crippen molar-refractivity contribution in [2.75, 3.05) is 18.5 Å². The van der Waals surface area contributed by atoms with Gasteiger partial charge in [0.25, 0.3) is 0 Å². The van der Waals surface area contributed by atoms with Crippen LogP contribution in [0.2, 0.25) is 5.02 Å². The molecule has 0 amide bonds. The van der Waals surface area contributed by atoms with Crippen LogP contribution < -0.4 is 10.6 Å². The molecule has 3 nitrogen and oxygen atoms in total. The van der Waals surface area contributed by atoms with Crippen molar-refractivity contribution in [2.45, 2.75) is 31.7 Å². The highest BCUT2D eigenvalue weighted by Crippen LogP contribution is 2.33. The Labute approximate surface area is 122 Å². The van der Waals surface area contributed by atoms with Crippen LogP contribution in [0.15, 0.2) is 16.7 Å². The van der Waals surface area contributed by atoms with Crippen LogP contribution in [0.1, 0.15) is 25.7 Å². The fourth-order valence-electron chi connectivity index (χ4n) is 2.80. The summed E-state index contributed by atoms with van der Waals surface area (Å²) >= 11 is 9.47. The number of hydrogen-bond donors (Lipinski definition) is 1. The molecule has 5 heteroatoms. The van der Waals surface area contributed by atoms with Crippen molar-refractivity contribution in [3.63, 3.8) is 0 Å². The lowest BCUT2D eigenvalue weighted by molar-refractivity contribution is 0.305. The summed E-state index contributed by atoms with van der Waals surface area (Å²) in [5, 5.41) is 0.651. The molecule has 2 N–H and O–H groups in total. The molecule has 1 aliphatic rings. The maximum absolute atomic E-state index is 5.93. The van der Waals surface area contributed by atoms with E-state index in [4.69, 9.17) is 17.3 Å². The molecule has 1 aromatic heterocycles. The highest BCUT2D eigenvalue weighted by atomic mass is 79.9. The van der Waals surface area contributed by atoms with Crippen molar-refractivity contribution in [3.05, 3.63) is 21.8 Å². The number of pyridine rings is 1. The van der Waals surface area contributed by atoms with Gasteiger partial charge in [-0.3, -0.25) is 0 Å². The molecule has 0 spiro atoms. The first-order valence-electron chi connectivity index (χ1n) is 6.37. The van der Waals surface area contributed by atoms with Crippen molar-refractivity contribution in [3.8, 4) is 0 Å². The zero-order valence-corrected chi connectivity index (χ0v) is 12.9. The Morgan fingerprint density at radius 3 is 2.89 bits per heavy atom. The van der Waals surface area contributed by atoms with Gasteiger partial charge in [0.2, 0.25) is 0 Å². The molecule has 0 aliphatic heterocycles. The molecule has 1 heterocycles. The zero-order chi connectivity index (χ0) is 13.1. The SMILES string of the molecule is CN(c1ncc(Cl)cc1Br)C1CCCCC1CN. The molecule has 2 rings (SSSR count). The van der Waals surface area contributed by atoms with Gasteiger partial charge in [0.1, 0.15) is 5.82 Å². The van der Waals surface area contributed by atoms with Gasteiger partial charge in [-0.2, -0.15) is 0 Å². The van der Waals surface area contributed by atoms with Crippen LogP contribution in [0.25, 0.3) is 0 Å². The van der Waals surface area contributed by atoms with Crippen molar-refractivity contribution < 1.29 is 0 Å². The third kappa shape index (κ3) is 2.98. The fourth-order valence-corrected chi connectivity index (χ4v) is 3.72. The highest BCUT2D eigenvalue weighted by Gasteiger charge is 2.28. The van der Waals surface area contributed by atoms with Gasteiger partial charge in [0.05, 0.1) is 9.50 Å². The first-order valence-corrected chi connectivity index (χ1v) is 7.54. The predicted molar refractivity (Wildman–Crippen MR) is 80.2 cm³/mol. The normalized spacial score (nSPS) is 24.0. The Morgan fingerprint density at radius 1 is 1.50 bits per heavy atom. The van der Waals surface area contributed by atoms with Crippen LogP contribution in [-0.2, 0) is 0 Å². The van der Waals surface area contributed by atoms with E-state index in [2.05, 4.69) is 32.9 Å². The molecule has 0 saturated heterocycles. The Hall–Kier alpha value is -0.320. The van der Waals surface area contributed by atoms with Gasteiger partial charge in [-0.05, 0) is 47.3 Å². The Balaban J connectivity index is 2.20. The van der Waals surface area contributed by atoms with Gasteiger partial charge < -0.3 is 10.6 Å². The standard InChI is InChI=1S/C13H19BrClN3/c1-18(12-5-3-2-4-9(12)7-16)13-11(14)6-10(15)8-17-13/h6,8-9,12H,2-5,7,16H2,1H3. The van der Waals surface area contributed by atoms with Gasteiger partial charge in [-0.15, -0.1) is 0 Å². The van der Waals surface area contributed by atoms with Crippen LogP contribution in [-0.4, -0.2) is 24.6 Å². The molecule has 1 fully saturated rings. The first kappa shape index (κ1) is 14.1. The third-order valence-corrected chi connectivity index (χ3v) is 4.58. The summed E-state index contributed by atoms with van der Waals surface area (Å²) in [4.78, 5) is 6.68. The number of aromatic nitrogens is 1. The lowest BCUT2D eigenvalue weighted by atomic mass is 9.84. The van der Waals surface area contributed by atoms with Gasteiger partial charge in [-0.25, -0.2) is 4.98 Å². The van der Waals surface area contributed by atoms with Gasteiger partial charge in [0, 0.05) is 19.3 Å². The number of anilines is 1. The number of halogens is 2. The summed E-state index contributed by atoms with van der Waals surface area (Å²) < 4.78 is 0.943. The minimum atomic E-state index is 0.480. The second kappa shape index (κ2) is 6.22. The van der Waals surface area contributed by atoms with E-state index >= 15 is 0 Å². The summed E-state index contributed by atoms with van der Waals surface area (Å²) in [7, 11) is 2.10. The van der Waals surface area contributed by atoms with E-state index < -0.39 is 0 Å². The molecule has 2 unspecified atom stereocenters. The van der Waals surface area contributed by atoms with Gasteiger partial charge >= 0.3 is 0 Å². The van der Waals surface area contributed by atoms with E-state index in [1.807, 2.05) is 6.07 Å². The summed E-state index contributed by atoms with van der Waals surface area (Å²) in [6.45, 7) is 0.750. The molecule has 1 aliphatic carbocycles. The quantitative estimate of drug-likeness (QED) is 0.922. The Bertz CT molecular complexity index is 413. The highest BCUT2D eigenvalue weighted by molar-refractivity contribution is 9.10. The van der Waals surface area contributed by atoms with Gasteiger partial charge in [0.15, 0.2) is 0 Å². The topological polar surface area (TPSA) is 42.2 Å². The molecule has 18 heavy (non-hydrogen) atoms. The maximum Gasteiger partial charge on any atom is 0.142 e. The van der Waals surface area contributed by atoms with E-state index in [0.29, 0.717) is 17.0 Å². The van der Waals surface area contributed by atoms with Crippen LogP contribution >= 0.6 is 27.5 Å². The smallest absolute Gasteiger partial charge is 0.142 e. The molecule has 0 bridgehead atoms. The summed E-state index contributed by atoms with van der Waals surface area (Å²) in [5.41, 5.74) is 5.89. The Morgan fingerprint density at radius 2 is 2.22 bits per heavy atom. The Kier molecular flexibility index (Phi) is 4.87. The lowest BCUT2D eigenvalue weighted by Gasteiger charge is -2.38. The number of nitrogens with two attached hydrogens (primary N) is 1. The molecule has 100 valence electrons. The number of hydrogen-bond acceptors (Lipinski definition) is 3. The van der Waals surface area contributed by atoms with E-state index in [9.17, 15) is 0 Å². The van der Waals surface area contributed by atoms with E-state index in [1.54, 1.807) is 6.20 Å². The predicted octanol–water partition coefficient (Wildman–Crippen LogP) is 3.45. The van der Waals surface area contributed by atoms with Crippen LogP contribution in [0.3, 0.4) is 0 Å². The zero-order valence-electron chi connectivity index (χ0n) is 10.6. The average Bonchev–Trinajstić information content (AvgIpc) is 2.38. The summed E-state index contributed by atoms with van der Waals surface area (Å²) in [5.74, 6) is 1.51. The van der Waals surface area contributed by atoms with Crippen LogP contribution in [0.4, 0.5) is 5.82 Å². The fraction of sp³-hybridized carbons (Fsp3) is 0.615. The molecular weight excluding hydrogens is 314 g/mol. The largest absolute Gasteiger partial charge is 0.355 e. The minimum Gasteiger partial charge on any atom is -0.355 e. The minimum absolute atomic E-state index is 0.480. The monoisotopic (exact) mass is 331 g/mol. The van der Waals surface area contributed by atoms with Crippen molar-refractivity contribution in [1.82, 2.24) is 4.98 Å². The van der Waals surface area contributed by atoms with Crippen molar-refractivity contribution in [1.29, 1.82) is 0 Å². The van der Waals surface area contributed by atoms with E-state index in [1.165, 1.54) is 25.7 Å². The van der Waals surface area contributed by atoms with Crippen LogP contribution in [0.5, 0.6) is 0 Å². The third-order valence-electron chi connectivity index (χ3n) is 3.79. The molecule has 2 atom stereocenters. The number of nitrogens with zero attached hydrogens (tertiary/aromatic N) is 2. The second-order valence-electron chi connectivity index (χ2n) is 4.92. The van der Waals surface area contributed by atoms with Crippen molar-refractivity contribution in [2.24, 2.45) is 11.7 Å². The number of rotatable bonds is 3. The van der Waals surface area contributed by atoms with E-state index in [0.717, 1.165) is 16.8 Å². The maximum atomic E-state index is 5.93. The van der Waals surface area contributed by atoms with E-state index in [-0.39, 0.29) is 0 Å². The summed E-state index contributed by atoms with van der Waals surface area (Å²) in [6.07, 6.45) is 6.67. The lowest BCUT2D eigenvalue weighted by Crippen LogP contribution is -2.43. The molecule has 1 aromatic rings. The van der Waals surface area contributed by atoms with Gasteiger partial charge in [-0.1, -0.05) is 24.4 Å². The molecule has 0 radical (unpaired) electrons. The van der Waals surface area contributed by atoms with Crippen molar-refractivity contribution >= 4 is 33.3 Å². The molecule has 1 saturated carbocycles. The summed E-state index contributed by atoms with van der Waals surface area (Å²) in [6, 6.07) is 2.37. The first-order chi connectivity index (χ1) is 8.63. The van der Waals surface area contributed by atoms with Crippen LogP contribution in [0, 0.1) is 5.92 Å². The molecular formula is C13H19BrClN3. The molecule has 0 aromatic carbocycles.